The van der Waals surface area contributed by atoms with Gasteiger partial charge in [0, 0.05) is 0 Å². The van der Waals surface area contributed by atoms with E-state index in [0.29, 0.717) is 27.1 Å². The van der Waals surface area contributed by atoms with E-state index in [1.165, 1.54) is 25.7 Å². The van der Waals surface area contributed by atoms with Crippen LogP contribution < -0.4 is 0 Å². The van der Waals surface area contributed by atoms with E-state index in [9.17, 15) is 0 Å². The predicted octanol–water partition coefficient (Wildman–Crippen LogP) is 8.34. The smallest absolute Gasteiger partial charge is 0.0148 e. The lowest BCUT2D eigenvalue weighted by Gasteiger charge is -2.30. The number of hydrogen-bond donors (Lipinski definition) is 0. The first-order valence-electron chi connectivity index (χ1n) is 10.3. The molecule has 0 nitrogen and oxygen atoms in total. The third-order valence-electron chi connectivity index (χ3n) is 6.56. The predicted molar refractivity (Wildman–Crippen MR) is 113 cm³/mol. The van der Waals surface area contributed by atoms with Crippen molar-refractivity contribution in [3.05, 3.63) is 22.3 Å². The van der Waals surface area contributed by atoms with Gasteiger partial charge in [-0.15, -0.1) is 0 Å². The van der Waals surface area contributed by atoms with Crippen LogP contribution in [0.4, 0.5) is 0 Å². The summed E-state index contributed by atoms with van der Waals surface area (Å²) < 4.78 is 0. The second-order valence-corrected chi connectivity index (χ2v) is 13.1. The Hall–Kier alpha value is -0.520. The SMILES string of the molecule is CC(C)(C)C1=C(C(C)(C)C)CC2(C1)CC(C(C)(C)C)=C(C(C)(C)C)C2. The first-order chi connectivity index (χ1) is 10.9. The fraction of sp³-hybridized carbons (Fsp3) is 0.840. The first-order valence-corrected chi connectivity index (χ1v) is 10.3. The second kappa shape index (κ2) is 5.74. The van der Waals surface area contributed by atoms with E-state index < -0.39 is 0 Å². The van der Waals surface area contributed by atoms with E-state index in [-0.39, 0.29) is 0 Å². The van der Waals surface area contributed by atoms with Gasteiger partial charge in [0.1, 0.15) is 0 Å². The van der Waals surface area contributed by atoms with Crippen molar-refractivity contribution in [3.8, 4) is 0 Å². The molecule has 0 aromatic heterocycles. The third kappa shape index (κ3) is 4.09. The molecule has 0 bridgehead atoms. The Morgan fingerprint density at radius 1 is 0.400 bits per heavy atom. The molecule has 0 aliphatic heterocycles. The summed E-state index contributed by atoms with van der Waals surface area (Å²) in [6, 6.07) is 0. The molecule has 0 aromatic rings. The summed E-state index contributed by atoms with van der Waals surface area (Å²) in [4.78, 5) is 0. The highest BCUT2D eigenvalue weighted by Gasteiger charge is 2.50. The van der Waals surface area contributed by atoms with Crippen LogP contribution in [0.15, 0.2) is 22.3 Å². The van der Waals surface area contributed by atoms with Gasteiger partial charge in [-0.3, -0.25) is 0 Å². The second-order valence-electron chi connectivity index (χ2n) is 13.1. The lowest BCUT2D eigenvalue weighted by Crippen LogP contribution is -2.19. The molecule has 2 aliphatic rings. The van der Waals surface area contributed by atoms with E-state index >= 15 is 0 Å². The minimum atomic E-state index is 0.290. The van der Waals surface area contributed by atoms with Crippen LogP contribution in [0, 0.1) is 27.1 Å². The number of hydrogen-bond acceptors (Lipinski definition) is 0. The fourth-order valence-corrected chi connectivity index (χ4v) is 5.17. The van der Waals surface area contributed by atoms with Gasteiger partial charge in [0.2, 0.25) is 0 Å². The average molecular weight is 345 g/mol. The number of rotatable bonds is 0. The van der Waals surface area contributed by atoms with Crippen LogP contribution >= 0.6 is 0 Å². The standard InChI is InChI=1S/C25H44/c1-21(2,3)17-13-25(14-18(17)22(4,5)6)15-19(23(7,8)9)20(16-25)24(10,11)12/h13-16H2,1-12H3. The third-order valence-corrected chi connectivity index (χ3v) is 6.56. The summed E-state index contributed by atoms with van der Waals surface area (Å²) in [7, 11) is 0. The van der Waals surface area contributed by atoms with Crippen molar-refractivity contribution < 1.29 is 0 Å². The Labute approximate surface area is 158 Å². The zero-order valence-corrected chi connectivity index (χ0v) is 19.3. The molecule has 2 rings (SSSR count). The molecule has 2 aliphatic carbocycles. The Morgan fingerprint density at radius 3 is 0.680 bits per heavy atom. The van der Waals surface area contributed by atoms with Gasteiger partial charge in [0.25, 0.3) is 0 Å². The molecule has 0 fully saturated rings. The maximum absolute atomic E-state index is 2.42. The average Bonchev–Trinajstić information content (AvgIpc) is 2.89. The molecule has 0 saturated heterocycles. The minimum Gasteiger partial charge on any atom is -0.0645 e. The summed E-state index contributed by atoms with van der Waals surface area (Å²) >= 11 is 0. The van der Waals surface area contributed by atoms with Gasteiger partial charge >= 0.3 is 0 Å². The van der Waals surface area contributed by atoms with E-state index in [1.54, 1.807) is 22.3 Å². The van der Waals surface area contributed by atoms with Crippen molar-refractivity contribution in [1.82, 2.24) is 0 Å². The molecule has 0 N–H and O–H groups in total. The zero-order valence-electron chi connectivity index (χ0n) is 19.3. The van der Waals surface area contributed by atoms with Gasteiger partial charge in [-0.25, -0.2) is 0 Å². The summed E-state index contributed by atoms with van der Waals surface area (Å²) in [5, 5.41) is 0. The van der Waals surface area contributed by atoms with E-state index in [1.807, 2.05) is 0 Å². The van der Waals surface area contributed by atoms with Crippen LogP contribution in [0.2, 0.25) is 0 Å². The first kappa shape index (κ1) is 20.8. The van der Waals surface area contributed by atoms with Crippen molar-refractivity contribution in [3.63, 3.8) is 0 Å². The van der Waals surface area contributed by atoms with Crippen LogP contribution in [0.1, 0.15) is 109 Å². The van der Waals surface area contributed by atoms with Crippen molar-refractivity contribution in [1.29, 1.82) is 0 Å². The highest BCUT2D eigenvalue weighted by Crippen LogP contribution is 2.64. The van der Waals surface area contributed by atoms with Gasteiger partial charge in [-0.05, 0) is 52.8 Å². The molecule has 0 heteroatoms. The van der Waals surface area contributed by atoms with Crippen LogP contribution in [0.5, 0.6) is 0 Å². The van der Waals surface area contributed by atoms with Crippen molar-refractivity contribution in [2.45, 2.75) is 109 Å². The van der Waals surface area contributed by atoms with E-state index in [4.69, 9.17) is 0 Å². The largest absolute Gasteiger partial charge is 0.0645 e. The number of allylic oxidation sites excluding steroid dienone is 4. The Morgan fingerprint density at radius 2 is 0.560 bits per heavy atom. The lowest BCUT2D eigenvalue weighted by molar-refractivity contribution is 0.279. The topological polar surface area (TPSA) is 0 Å². The Kier molecular flexibility index (Phi) is 4.77. The molecule has 0 aromatic carbocycles. The van der Waals surface area contributed by atoms with Gasteiger partial charge in [-0.1, -0.05) is 105 Å². The molecule has 0 heterocycles. The lowest BCUT2D eigenvalue weighted by atomic mass is 9.74. The molecule has 0 amide bonds. The van der Waals surface area contributed by atoms with Gasteiger partial charge in [0.15, 0.2) is 0 Å². The normalized spacial score (nSPS) is 22.6. The molecular formula is C25H44. The summed E-state index contributed by atoms with van der Waals surface area (Å²) in [6.45, 7) is 29.1. The minimum absolute atomic E-state index is 0.290. The maximum Gasteiger partial charge on any atom is -0.0148 e. The van der Waals surface area contributed by atoms with Crippen molar-refractivity contribution in [2.24, 2.45) is 27.1 Å². The quantitative estimate of drug-likeness (QED) is 0.387. The molecule has 0 radical (unpaired) electrons. The Bertz CT molecular complexity index is 483. The van der Waals surface area contributed by atoms with Crippen LogP contribution in [-0.2, 0) is 0 Å². The van der Waals surface area contributed by atoms with E-state index in [2.05, 4.69) is 83.1 Å². The molecule has 0 atom stereocenters. The summed E-state index contributed by atoms with van der Waals surface area (Å²) in [5.41, 5.74) is 8.63. The molecule has 25 heavy (non-hydrogen) atoms. The zero-order chi connectivity index (χ0) is 19.6. The maximum atomic E-state index is 2.42. The molecule has 1 spiro atoms. The van der Waals surface area contributed by atoms with Crippen molar-refractivity contribution >= 4 is 0 Å². The van der Waals surface area contributed by atoms with Gasteiger partial charge < -0.3 is 0 Å². The van der Waals surface area contributed by atoms with Crippen LogP contribution in [0.3, 0.4) is 0 Å². The highest BCUT2D eigenvalue weighted by atomic mass is 14.5. The molecular weight excluding hydrogens is 300 g/mol. The summed E-state index contributed by atoms with van der Waals surface area (Å²) in [6.07, 6.45) is 5.23. The van der Waals surface area contributed by atoms with Gasteiger partial charge in [0.05, 0.1) is 0 Å². The molecule has 0 unspecified atom stereocenters. The fourth-order valence-electron chi connectivity index (χ4n) is 5.17. The Balaban J connectivity index is 2.46. The molecule has 144 valence electrons. The van der Waals surface area contributed by atoms with Crippen LogP contribution in [0.25, 0.3) is 0 Å². The molecule has 0 saturated carbocycles. The summed E-state index contributed by atoms with van der Waals surface area (Å²) in [5.74, 6) is 0. The highest BCUT2D eigenvalue weighted by molar-refractivity contribution is 5.41. The van der Waals surface area contributed by atoms with Crippen LogP contribution in [-0.4, -0.2) is 0 Å². The monoisotopic (exact) mass is 344 g/mol. The van der Waals surface area contributed by atoms with E-state index in [0.717, 1.165) is 0 Å². The van der Waals surface area contributed by atoms with Crippen molar-refractivity contribution in [2.75, 3.05) is 0 Å². The van der Waals surface area contributed by atoms with Gasteiger partial charge in [-0.2, -0.15) is 0 Å².